The highest BCUT2D eigenvalue weighted by atomic mass is 35.5. The van der Waals surface area contributed by atoms with E-state index in [1.807, 2.05) is 0 Å². The first-order chi connectivity index (χ1) is 9.93. The second-order valence-corrected chi connectivity index (χ2v) is 6.75. The molecule has 1 fully saturated rings. The first-order valence-electron chi connectivity index (χ1n) is 6.60. The molecule has 22 heavy (non-hydrogen) atoms. The number of carbonyl (C=O) groups excluding carboxylic acids is 1. The lowest BCUT2D eigenvalue weighted by atomic mass is 10.0. The summed E-state index contributed by atoms with van der Waals surface area (Å²) in [6, 6.07) is 5.64. The van der Waals surface area contributed by atoms with Crippen LogP contribution in [0.4, 0.5) is 4.39 Å². The molecule has 6 nitrogen and oxygen atoms in total. The van der Waals surface area contributed by atoms with Gasteiger partial charge in [0.2, 0.25) is 15.9 Å². The summed E-state index contributed by atoms with van der Waals surface area (Å²) in [5.74, 6) is -1.47. The van der Waals surface area contributed by atoms with E-state index in [-0.39, 0.29) is 24.3 Å². The molecule has 2 N–H and O–H groups in total. The third kappa shape index (κ3) is 4.64. The van der Waals surface area contributed by atoms with Crippen LogP contribution >= 0.6 is 12.4 Å². The van der Waals surface area contributed by atoms with E-state index in [0.717, 1.165) is 0 Å². The fourth-order valence-corrected chi connectivity index (χ4v) is 2.97. The lowest BCUT2D eigenvalue weighted by Crippen LogP contribution is -2.50. The van der Waals surface area contributed by atoms with Gasteiger partial charge in [-0.1, -0.05) is 12.1 Å². The predicted octanol–water partition coefficient (Wildman–Crippen LogP) is 0.270. The first-order valence-corrected chi connectivity index (χ1v) is 8.25. The summed E-state index contributed by atoms with van der Waals surface area (Å²) in [4.78, 5) is 13.7. The number of benzene rings is 1. The summed E-state index contributed by atoms with van der Waals surface area (Å²) in [5.41, 5.74) is 0.650. The van der Waals surface area contributed by atoms with Gasteiger partial charge in [0.15, 0.2) is 0 Å². The van der Waals surface area contributed by atoms with Crippen molar-refractivity contribution < 1.29 is 17.6 Å². The van der Waals surface area contributed by atoms with Gasteiger partial charge in [-0.05, 0) is 24.7 Å². The van der Waals surface area contributed by atoms with Crippen LogP contribution in [0.1, 0.15) is 11.6 Å². The van der Waals surface area contributed by atoms with Gasteiger partial charge in [0, 0.05) is 19.6 Å². The normalized spacial score (nSPS) is 18.6. The Hall–Kier alpha value is -1.22. The minimum atomic E-state index is -3.62. The average molecular weight is 352 g/mol. The third-order valence-electron chi connectivity index (χ3n) is 3.42. The summed E-state index contributed by atoms with van der Waals surface area (Å²) in [7, 11) is -2.35. The Bertz CT molecular complexity index is 627. The molecule has 0 saturated carbocycles. The van der Waals surface area contributed by atoms with Crippen LogP contribution in [0.3, 0.4) is 0 Å². The van der Waals surface area contributed by atoms with Crippen LogP contribution in [-0.2, 0) is 14.8 Å². The van der Waals surface area contributed by atoms with Crippen molar-refractivity contribution in [2.24, 2.45) is 0 Å². The third-order valence-corrected chi connectivity index (χ3v) is 4.67. The number of amides is 1. The number of sulfonamides is 1. The molecule has 2 rings (SSSR count). The van der Waals surface area contributed by atoms with Crippen LogP contribution in [-0.4, -0.2) is 51.7 Å². The highest BCUT2D eigenvalue weighted by Crippen LogP contribution is 2.23. The maximum absolute atomic E-state index is 13.3. The molecule has 1 unspecified atom stereocenters. The van der Waals surface area contributed by atoms with Gasteiger partial charge in [0.25, 0.3) is 0 Å². The van der Waals surface area contributed by atoms with E-state index in [1.165, 1.54) is 24.1 Å². The molecule has 1 aromatic carbocycles. The number of piperazine rings is 1. The Labute approximate surface area is 135 Å². The van der Waals surface area contributed by atoms with Crippen molar-refractivity contribution in [1.29, 1.82) is 0 Å². The van der Waals surface area contributed by atoms with Gasteiger partial charge in [-0.15, -0.1) is 12.4 Å². The molecule has 0 spiro atoms. The Kier molecular flexibility index (Phi) is 6.73. The van der Waals surface area contributed by atoms with E-state index < -0.39 is 21.7 Å². The van der Waals surface area contributed by atoms with Crippen LogP contribution in [0.5, 0.6) is 0 Å². The minimum Gasteiger partial charge on any atom is -0.332 e. The summed E-state index contributed by atoms with van der Waals surface area (Å²) in [6.45, 7) is 1.44. The summed E-state index contributed by atoms with van der Waals surface area (Å²) in [5, 5.41) is 3.13. The Morgan fingerprint density at radius 1 is 1.50 bits per heavy atom. The highest BCUT2D eigenvalue weighted by Gasteiger charge is 2.30. The predicted molar refractivity (Wildman–Crippen MR) is 83.8 cm³/mol. The minimum absolute atomic E-state index is 0. The van der Waals surface area contributed by atoms with E-state index in [9.17, 15) is 17.6 Å². The quantitative estimate of drug-likeness (QED) is 0.816. The monoisotopic (exact) mass is 351 g/mol. The zero-order chi connectivity index (χ0) is 15.5. The van der Waals surface area contributed by atoms with Crippen molar-refractivity contribution in [2.45, 2.75) is 6.04 Å². The largest absolute Gasteiger partial charge is 0.332 e. The number of nitrogens with one attached hydrogen (secondary N) is 2. The van der Waals surface area contributed by atoms with Crippen molar-refractivity contribution in [3.8, 4) is 0 Å². The van der Waals surface area contributed by atoms with Crippen LogP contribution < -0.4 is 10.0 Å². The first kappa shape index (κ1) is 18.8. The number of halogens is 2. The molecule has 1 saturated heterocycles. The van der Waals surface area contributed by atoms with E-state index in [1.54, 1.807) is 12.1 Å². The zero-order valence-electron chi connectivity index (χ0n) is 12.1. The van der Waals surface area contributed by atoms with Gasteiger partial charge < -0.3 is 10.2 Å². The van der Waals surface area contributed by atoms with Crippen molar-refractivity contribution in [3.63, 3.8) is 0 Å². The lowest BCUT2D eigenvalue weighted by molar-refractivity contribution is -0.131. The summed E-state index contributed by atoms with van der Waals surface area (Å²) in [6.07, 6.45) is 0. The van der Waals surface area contributed by atoms with Crippen molar-refractivity contribution in [1.82, 2.24) is 14.9 Å². The molecule has 1 aromatic rings. The molecule has 1 amide bonds. The van der Waals surface area contributed by atoms with E-state index >= 15 is 0 Å². The number of hydrogen-bond acceptors (Lipinski definition) is 4. The van der Waals surface area contributed by atoms with Gasteiger partial charge in [0.1, 0.15) is 11.6 Å². The molecule has 0 radical (unpaired) electrons. The number of nitrogens with zero attached hydrogens (tertiary/aromatic N) is 1. The molecular formula is C13H19ClFN3O3S. The molecule has 0 aromatic heterocycles. The summed E-state index contributed by atoms with van der Waals surface area (Å²) >= 11 is 0. The van der Waals surface area contributed by atoms with Gasteiger partial charge >= 0.3 is 0 Å². The Balaban J connectivity index is 0.00000242. The van der Waals surface area contributed by atoms with E-state index in [0.29, 0.717) is 25.2 Å². The van der Waals surface area contributed by atoms with Crippen LogP contribution in [0, 0.1) is 5.82 Å². The van der Waals surface area contributed by atoms with Gasteiger partial charge in [0.05, 0.1) is 6.04 Å². The molecule has 9 heteroatoms. The van der Waals surface area contributed by atoms with Crippen molar-refractivity contribution >= 4 is 28.3 Å². The number of rotatable bonds is 4. The molecule has 1 atom stereocenters. The standard InChI is InChI=1S/C13H18FN3O3S.ClH/c1-15-21(19,20)9-13(18)17-6-5-16-8-12(17)10-3-2-4-11(14)7-10;/h2-4,7,12,15-16H,5-6,8-9H2,1H3;1H. The molecule has 0 aliphatic carbocycles. The molecule has 1 aliphatic heterocycles. The Morgan fingerprint density at radius 3 is 2.86 bits per heavy atom. The van der Waals surface area contributed by atoms with Gasteiger partial charge in [-0.25, -0.2) is 17.5 Å². The van der Waals surface area contributed by atoms with Crippen LogP contribution in [0.15, 0.2) is 24.3 Å². The van der Waals surface area contributed by atoms with Gasteiger partial charge in [-0.3, -0.25) is 4.79 Å². The SMILES string of the molecule is CNS(=O)(=O)CC(=O)N1CCNCC1c1cccc(F)c1.Cl. The van der Waals surface area contributed by atoms with Crippen LogP contribution in [0.25, 0.3) is 0 Å². The zero-order valence-corrected chi connectivity index (χ0v) is 13.7. The van der Waals surface area contributed by atoms with E-state index in [4.69, 9.17) is 0 Å². The second kappa shape index (κ2) is 7.87. The molecule has 0 bridgehead atoms. The van der Waals surface area contributed by atoms with E-state index in [2.05, 4.69) is 10.0 Å². The lowest BCUT2D eigenvalue weighted by Gasteiger charge is -2.36. The number of hydrogen-bond donors (Lipinski definition) is 2. The maximum Gasteiger partial charge on any atom is 0.239 e. The van der Waals surface area contributed by atoms with Gasteiger partial charge in [-0.2, -0.15) is 0 Å². The summed E-state index contributed by atoms with van der Waals surface area (Å²) < 4.78 is 38.5. The second-order valence-electron chi connectivity index (χ2n) is 4.83. The van der Waals surface area contributed by atoms with Crippen molar-refractivity contribution in [3.05, 3.63) is 35.6 Å². The molecule has 1 aliphatic rings. The van der Waals surface area contributed by atoms with Crippen molar-refractivity contribution in [2.75, 3.05) is 32.4 Å². The Morgan fingerprint density at radius 2 is 2.23 bits per heavy atom. The smallest absolute Gasteiger partial charge is 0.239 e. The number of carbonyl (C=O) groups is 1. The fraction of sp³-hybridized carbons (Fsp3) is 0.462. The highest BCUT2D eigenvalue weighted by molar-refractivity contribution is 7.90. The average Bonchev–Trinajstić information content (AvgIpc) is 2.47. The molecular weight excluding hydrogens is 333 g/mol. The molecule has 1 heterocycles. The fourth-order valence-electron chi connectivity index (χ4n) is 2.33. The van der Waals surface area contributed by atoms with Crippen LogP contribution in [0.2, 0.25) is 0 Å². The maximum atomic E-state index is 13.3. The molecule has 124 valence electrons. The topological polar surface area (TPSA) is 78.5 Å².